The van der Waals surface area contributed by atoms with Crippen molar-refractivity contribution in [2.24, 2.45) is 5.92 Å². The average molecular weight is 319 g/mol. The number of hydrogen-bond acceptors (Lipinski definition) is 2. The van der Waals surface area contributed by atoms with Gasteiger partial charge in [0.1, 0.15) is 0 Å². The molecule has 0 bridgehead atoms. The van der Waals surface area contributed by atoms with Crippen molar-refractivity contribution < 1.29 is 4.79 Å². The largest absolute Gasteiger partial charge is 0.351 e. The normalized spacial score (nSPS) is 16.3. The molecule has 4 heteroatoms. The third-order valence-electron chi connectivity index (χ3n) is 3.48. The van der Waals surface area contributed by atoms with Crippen LogP contribution in [0.2, 0.25) is 0 Å². The highest BCUT2D eigenvalue weighted by atomic mass is 79.9. The monoisotopic (exact) mass is 318 g/mol. The standard InChI is InChI=1S/C15H15BrN2O/c16-13(10-5-6-10)9-18-15(19)12-7-8-17-14-4-2-1-3-11(12)14/h1-4,7-8,10,13H,5-6,9H2,(H,18,19). The molecule has 98 valence electrons. The maximum Gasteiger partial charge on any atom is 0.252 e. The van der Waals surface area contributed by atoms with Crippen LogP contribution in [0.15, 0.2) is 36.5 Å². The molecule has 0 saturated heterocycles. The van der Waals surface area contributed by atoms with E-state index in [2.05, 4.69) is 26.2 Å². The number of rotatable bonds is 4. The first-order valence-electron chi connectivity index (χ1n) is 6.52. The predicted molar refractivity (Wildman–Crippen MR) is 79.5 cm³/mol. The van der Waals surface area contributed by atoms with E-state index >= 15 is 0 Å². The Hall–Kier alpha value is -1.42. The summed E-state index contributed by atoms with van der Waals surface area (Å²) >= 11 is 3.63. The summed E-state index contributed by atoms with van der Waals surface area (Å²) in [5, 5.41) is 3.90. The van der Waals surface area contributed by atoms with Gasteiger partial charge in [0, 0.05) is 23.0 Å². The van der Waals surface area contributed by atoms with E-state index in [-0.39, 0.29) is 5.91 Å². The minimum Gasteiger partial charge on any atom is -0.351 e. The molecule has 1 amide bonds. The van der Waals surface area contributed by atoms with Crippen molar-refractivity contribution in [3.8, 4) is 0 Å². The van der Waals surface area contributed by atoms with Crippen molar-refractivity contribution >= 4 is 32.7 Å². The molecular weight excluding hydrogens is 304 g/mol. The summed E-state index contributed by atoms with van der Waals surface area (Å²) in [6, 6.07) is 9.49. The van der Waals surface area contributed by atoms with Crippen LogP contribution in [0.4, 0.5) is 0 Å². The highest BCUT2D eigenvalue weighted by molar-refractivity contribution is 9.09. The number of carbonyl (C=O) groups is 1. The summed E-state index contributed by atoms with van der Waals surface area (Å²) in [4.78, 5) is 16.9. The summed E-state index contributed by atoms with van der Waals surface area (Å²) < 4.78 is 0. The van der Waals surface area contributed by atoms with Crippen LogP contribution in [0, 0.1) is 5.92 Å². The molecule has 1 aromatic heterocycles. The summed E-state index contributed by atoms with van der Waals surface area (Å²) in [5.74, 6) is 0.707. The molecule has 2 aromatic rings. The topological polar surface area (TPSA) is 42.0 Å². The summed E-state index contributed by atoms with van der Waals surface area (Å²) in [6.07, 6.45) is 4.22. The third-order valence-corrected chi connectivity index (χ3v) is 4.56. The lowest BCUT2D eigenvalue weighted by Crippen LogP contribution is -2.30. The molecule has 1 aromatic carbocycles. The zero-order chi connectivity index (χ0) is 13.2. The van der Waals surface area contributed by atoms with E-state index in [0.29, 0.717) is 16.9 Å². The van der Waals surface area contributed by atoms with Gasteiger partial charge in [-0.05, 0) is 30.9 Å². The Balaban J connectivity index is 1.77. The highest BCUT2D eigenvalue weighted by Gasteiger charge is 2.29. The number of pyridine rings is 1. The Bertz CT molecular complexity index is 605. The summed E-state index contributed by atoms with van der Waals surface area (Å²) in [6.45, 7) is 0.681. The average Bonchev–Trinajstić information content (AvgIpc) is 3.28. The number of alkyl halides is 1. The van der Waals surface area contributed by atoms with Gasteiger partial charge in [-0.25, -0.2) is 0 Å². The van der Waals surface area contributed by atoms with Crippen molar-refractivity contribution in [2.45, 2.75) is 17.7 Å². The second kappa shape index (κ2) is 5.29. The molecule has 1 unspecified atom stereocenters. The molecule has 1 aliphatic rings. The Morgan fingerprint density at radius 2 is 2.16 bits per heavy atom. The molecule has 3 nitrogen and oxygen atoms in total. The minimum atomic E-state index is -0.0244. The van der Waals surface area contributed by atoms with Gasteiger partial charge in [0.05, 0.1) is 11.1 Å². The van der Waals surface area contributed by atoms with E-state index in [1.165, 1.54) is 12.8 Å². The van der Waals surface area contributed by atoms with Crippen molar-refractivity contribution in [3.63, 3.8) is 0 Å². The van der Waals surface area contributed by atoms with E-state index < -0.39 is 0 Å². The fourth-order valence-electron chi connectivity index (χ4n) is 2.20. The second-order valence-corrected chi connectivity index (χ2v) is 6.12. The van der Waals surface area contributed by atoms with Crippen LogP contribution in [-0.4, -0.2) is 22.3 Å². The summed E-state index contributed by atoms with van der Waals surface area (Å²) in [5.41, 5.74) is 1.55. The Morgan fingerprint density at radius 1 is 1.37 bits per heavy atom. The number of hydrogen-bond donors (Lipinski definition) is 1. The smallest absolute Gasteiger partial charge is 0.252 e. The second-order valence-electron chi connectivity index (χ2n) is 4.94. The lowest BCUT2D eigenvalue weighted by Gasteiger charge is -2.11. The number of aromatic nitrogens is 1. The van der Waals surface area contributed by atoms with E-state index in [1.807, 2.05) is 24.3 Å². The molecule has 1 atom stereocenters. The van der Waals surface area contributed by atoms with Gasteiger partial charge in [-0.2, -0.15) is 0 Å². The quantitative estimate of drug-likeness (QED) is 0.880. The van der Waals surface area contributed by atoms with Crippen LogP contribution in [0.1, 0.15) is 23.2 Å². The van der Waals surface area contributed by atoms with E-state index in [1.54, 1.807) is 12.3 Å². The van der Waals surface area contributed by atoms with Crippen LogP contribution in [-0.2, 0) is 0 Å². The molecule has 19 heavy (non-hydrogen) atoms. The van der Waals surface area contributed by atoms with Gasteiger partial charge in [0.25, 0.3) is 5.91 Å². The first-order valence-corrected chi connectivity index (χ1v) is 7.43. The maximum atomic E-state index is 12.2. The Morgan fingerprint density at radius 3 is 2.95 bits per heavy atom. The number of carbonyl (C=O) groups excluding carboxylic acids is 1. The lowest BCUT2D eigenvalue weighted by atomic mass is 10.1. The Kier molecular flexibility index (Phi) is 3.51. The Labute approximate surface area is 120 Å². The fourth-order valence-corrected chi connectivity index (χ4v) is 2.89. The number of nitrogens with one attached hydrogen (secondary N) is 1. The number of halogens is 1. The van der Waals surface area contributed by atoms with Gasteiger partial charge < -0.3 is 5.32 Å². The van der Waals surface area contributed by atoms with Crippen LogP contribution in [0.25, 0.3) is 10.9 Å². The first kappa shape index (κ1) is 12.6. The van der Waals surface area contributed by atoms with Crippen LogP contribution in [0.5, 0.6) is 0 Å². The first-order chi connectivity index (χ1) is 9.25. The SMILES string of the molecule is O=C(NCC(Br)C1CC1)c1ccnc2ccccc12. The molecule has 1 saturated carbocycles. The molecular formula is C15H15BrN2O. The lowest BCUT2D eigenvalue weighted by molar-refractivity contribution is 0.0955. The predicted octanol–water partition coefficient (Wildman–Crippen LogP) is 3.14. The van der Waals surface area contributed by atoms with Gasteiger partial charge in [0.15, 0.2) is 0 Å². The minimum absolute atomic E-state index is 0.0244. The van der Waals surface area contributed by atoms with Crippen molar-refractivity contribution in [2.75, 3.05) is 6.54 Å². The van der Waals surface area contributed by atoms with Gasteiger partial charge in [-0.3, -0.25) is 9.78 Å². The third kappa shape index (κ3) is 2.78. The van der Waals surface area contributed by atoms with Crippen molar-refractivity contribution in [3.05, 3.63) is 42.1 Å². The highest BCUT2D eigenvalue weighted by Crippen LogP contribution is 2.36. The maximum absolute atomic E-state index is 12.2. The molecule has 1 N–H and O–H groups in total. The number of fused-ring (bicyclic) bond motifs is 1. The number of nitrogens with zero attached hydrogens (tertiary/aromatic N) is 1. The molecule has 1 fully saturated rings. The zero-order valence-electron chi connectivity index (χ0n) is 10.5. The van der Waals surface area contributed by atoms with Gasteiger partial charge in [-0.15, -0.1) is 0 Å². The van der Waals surface area contributed by atoms with Crippen molar-refractivity contribution in [1.29, 1.82) is 0 Å². The zero-order valence-corrected chi connectivity index (χ0v) is 12.1. The number of para-hydroxylation sites is 1. The van der Waals surface area contributed by atoms with E-state index in [4.69, 9.17) is 0 Å². The molecule has 0 spiro atoms. The van der Waals surface area contributed by atoms with E-state index in [9.17, 15) is 4.79 Å². The number of amides is 1. The summed E-state index contributed by atoms with van der Waals surface area (Å²) in [7, 11) is 0. The van der Waals surface area contributed by atoms with Crippen LogP contribution < -0.4 is 5.32 Å². The van der Waals surface area contributed by atoms with Gasteiger partial charge >= 0.3 is 0 Å². The van der Waals surface area contributed by atoms with Crippen LogP contribution in [0.3, 0.4) is 0 Å². The van der Waals surface area contributed by atoms with Crippen LogP contribution >= 0.6 is 15.9 Å². The molecule has 0 radical (unpaired) electrons. The van der Waals surface area contributed by atoms with Gasteiger partial charge in [-0.1, -0.05) is 34.1 Å². The van der Waals surface area contributed by atoms with Gasteiger partial charge in [0.2, 0.25) is 0 Å². The molecule has 1 aliphatic carbocycles. The van der Waals surface area contributed by atoms with E-state index in [0.717, 1.165) is 16.8 Å². The fraction of sp³-hybridized carbons (Fsp3) is 0.333. The molecule has 0 aliphatic heterocycles. The molecule has 3 rings (SSSR count). The van der Waals surface area contributed by atoms with Crippen molar-refractivity contribution in [1.82, 2.24) is 10.3 Å². The number of benzene rings is 1. The molecule has 1 heterocycles.